The molecule has 0 bridgehead atoms. The van der Waals surface area contributed by atoms with Gasteiger partial charge in [0.2, 0.25) is 0 Å². The lowest BCUT2D eigenvalue weighted by atomic mass is 10.1. The minimum atomic E-state index is -0.554. The summed E-state index contributed by atoms with van der Waals surface area (Å²) in [5, 5.41) is 10.5. The third-order valence-corrected chi connectivity index (χ3v) is 2.37. The van der Waals surface area contributed by atoms with Crippen molar-refractivity contribution in [2.75, 3.05) is 0 Å². The Morgan fingerprint density at radius 1 is 1.22 bits per heavy atom. The van der Waals surface area contributed by atoms with E-state index in [0.29, 0.717) is 5.75 Å². The molecule has 0 amide bonds. The summed E-state index contributed by atoms with van der Waals surface area (Å²) in [6.07, 6.45) is 2.24. The molecule has 0 radical (unpaired) electrons. The standard InChI is InChI=1S/C12H11N3O3/c1-8-3-4-9(2)11(5-8)18-12-13-6-10(7-14-12)15(16)17/h3-7H,1-2H3. The molecule has 0 saturated carbocycles. The Balaban J connectivity index is 2.23. The van der Waals surface area contributed by atoms with E-state index in [9.17, 15) is 10.1 Å². The summed E-state index contributed by atoms with van der Waals surface area (Å²) in [4.78, 5) is 17.5. The quantitative estimate of drug-likeness (QED) is 0.613. The lowest BCUT2D eigenvalue weighted by Crippen LogP contribution is -1.96. The summed E-state index contributed by atoms with van der Waals surface area (Å²) in [6, 6.07) is 5.85. The molecule has 1 heterocycles. The van der Waals surface area contributed by atoms with Crippen LogP contribution in [0.3, 0.4) is 0 Å². The molecule has 0 N–H and O–H groups in total. The molecule has 1 aromatic heterocycles. The van der Waals surface area contributed by atoms with E-state index in [4.69, 9.17) is 4.74 Å². The van der Waals surface area contributed by atoms with E-state index in [1.165, 1.54) is 0 Å². The van der Waals surface area contributed by atoms with Crippen molar-refractivity contribution < 1.29 is 9.66 Å². The molecule has 2 rings (SSSR count). The van der Waals surface area contributed by atoms with Crippen LogP contribution in [0.2, 0.25) is 0 Å². The minimum Gasteiger partial charge on any atom is -0.424 e. The number of rotatable bonds is 3. The van der Waals surface area contributed by atoms with Crippen LogP contribution in [-0.2, 0) is 0 Å². The molecule has 0 unspecified atom stereocenters. The fourth-order valence-electron chi connectivity index (χ4n) is 1.37. The molecule has 6 nitrogen and oxygen atoms in total. The van der Waals surface area contributed by atoms with Crippen LogP contribution in [0.1, 0.15) is 11.1 Å². The molecule has 18 heavy (non-hydrogen) atoms. The molecule has 92 valence electrons. The van der Waals surface area contributed by atoms with Gasteiger partial charge >= 0.3 is 11.7 Å². The van der Waals surface area contributed by atoms with E-state index in [1.54, 1.807) is 0 Å². The van der Waals surface area contributed by atoms with Crippen LogP contribution in [0.15, 0.2) is 30.6 Å². The highest BCUT2D eigenvalue weighted by Gasteiger charge is 2.09. The third-order valence-electron chi connectivity index (χ3n) is 2.37. The third kappa shape index (κ3) is 2.60. The SMILES string of the molecule is Cc1ccc(C)c(Oc2ncc([N+](=O)[O-])cn2)c1. The fourth-order valence-corrected chi connectivity index (χ4v) is 1.37. The van der Waals surface area contributed by atoms with Gasteiger partial charge in [-0.15, -0.1) is 0 Å². The Morgan fingerprint density at radius 2 is 1.89 bits per heavy atom. The van der Waals surface area contributed by atoms with Gasteiger partial charge in [0.1, 0.15) is 18.1 Å². The van der Waals surface area contributed by atoms with E-state index in [0.717, 1.165) is 23.5 Å². The van der Waals surface area contributed by atoms with Gasteiger partial charge in [0.25, 0.3) is 0 Å². The summed E-state index contributed by atoms with van der Waals surface area (Å²) >= 11 is 0. The van der Waals surface area contributed by atoms with Crippen LogP contribution in [0.4, 0.5) is 5.69 Å². The van der Waals surface area contributed by atoms with Gasteiger partial charge in [-0.3, -0.25) is 10.1 Å². The normalized spacial score (nSPS) is 10.1. The number of aryl methyl sites for hydroxylation is 2. The first kappa shape index (κ1) is 12.0. The highest BCUT2D eigenvalue weighted by atomic mass is 16.6. The van der Waals surface area contributed by atoms with Crippen LogP contribution < -0.4 is 4.74 Å². The van der Waals surface area contributed by atoms with Gasteiger partial charge in [-0.25, -0.2) is 0 Å². The first-order valence-electron chi connectivity index (χ1n) is 5.28. The van der Waals surface area contributed by atoms with Gasteiger partial charge in [0, 0.05) is 0 Å². The van der Waals surface area contributed by atoms with Gasteiger partial charge in [-0.05, 0) is 31.0 Å². The van der Waals surface area contributed by atoms with Crippen molar-refractivity contribution >= 4 is 5.69 Å². The van der Waals surface area contributed by atoms with Crippen LogP contribution in [0, 0.1) is 24.0 Å². The summed E-state index contributed by atoms with van der Waals surface area (Å²) < 4.78 is 5.48. The Kier molecular flexibility index (Phi) is 3.18. The molecule has 1 aromatic carbocycles. The van der Waals surface area contributed by atoms with Gasteiger partial charge in [0.05, 0.1) is 4.92 Å². The monoisotopic (exact) mass is 245 g/mol. The van der Waals surface area contributed by atoms with E-state index in [-0.39, 0.29) is 11.7 Å². The first-order chi connectivity index (χ1) is 8.56. The second-order valence-electron chi connectivity index (χ2n) is 3.85. The Bertz CT molecular complexity index is 582. The molecule has 0 atom stereocenters. The van der Waals surface area contributed by atoms with Crippen LogP contribution in [-0.4, -0.2) is 14.9 Å². The van der Waals surface area contributed by atoms with E-state index >= 15 is 0 Å². The second-order valence-corrected chi connectivity index (χ2v) is 3.85. The van der Waals surface area contributed by atoms with Crippen molar-refractivity contribution in [3.63, 3.8) is 0 Å². The zero-order valence-electron chi connectivity index (χ0n) is 9.95. The summed E-state index contributed by atoms with van der Waals surface area (Å²) in [5.74, 6) is 0.642. The van der Waals surface area contributed by atoms with Crippen molar-refractivity contribution in [3.8, 4) is 11.8 Å². The largest absolute Gasteiger partial charge is 0.424 e. The van der Waals surface area contributed by atoms with Gasteiger partial charge in [0.15, 0.2) is 0 Å². The van der Waals surface area contributed by atoms with E-state index < -0.39 is 4.92 Å². The van der Waals surface area contributed by atoms with Crippen LogP contribution in [0.25, 0.3) is 0 Å². The average Bonchev–Trinajstić information content (AvgIpc) is 2.34. The predicted octanol–water partition coefficient (Wildman–Crippen LogP) is 2.79. The molecular weight excluding hydrogens is 234 g/mol. The van der Waals surface area contributed by atoms with Crippen LogP contribution in [0.5, 0.6) is 11.8 Å². The minimum absolute atomic E-state index is 0.0919. The maximum Gasteiger partial charge on any atom is 0.322 e. The number of benzene rings is 1. The number of aromatic nitrogens is 2. The number of hydrogen-bond donors (Lipinski definition) is 0. The van der Waals surface area contributed by atoms with E-state index in [2.05, 4.69) is 9.97 Å². The fraction of sp³-hybridized carbons (Fsp3) is 0.167. The smallest absolute Gasteiger partial charge is 0.322 e. The first-order valence-corrected chi connectivity index (χ1v) is 5.28. The van der Waals surface area contributed by atoms with E-state index in [1.807, 2.05) is 32.0 Å². The molecule has 6 heteroatoms. The molecular formula is C12H11N3O3. The van der Waals surface area contributed by atoms with Gasteiger partial charge < -0.3 is 4.74 Å². The summed E-state index contributed by atoms with van der Waals surface area (Å²) in [6.45, 7) is 3.85. The molecule has 2 aromatic rings. The van der Waals surface area contributed by atoms with Crippen molar-refractivity contribution in [1.82, 2.24) is 9.97 Å². The lowest BCUT2D eigenvalue weighted by Gasteiger charge is -2.07. The highest BCUT2D eigenvalue weighted by molar-refractivity contribution is 5.37. The van der Waals surface area contributed by atoms with Gasteiger partial charge in [-0.2, -0.15) is 9.97 Å². The van der Waals surface area contributed by atoms with Crippen LogP contribution >= 0.6 is 0 Å². The lowest BCUT2D eigenvalue weighted by molar-refractivity contribution is -0.385. The number of ether oxygens (including phenoxy) is 1. The van der Waals surface area contributed by atoms with Gasteiger partial charge in [-0.1, -0.05) is 12.1 Å². The second kappa shape index (κ2) is 4.79. The zero-order chi connectivity index (χ0) is 13.1. The average molecular weight is 245 g/mol. The Hall–Kier alpha value is -2.50. The maximum atomic E-state index is 10.5. The molecule has 0 aliphatic heterocycles. The summed E-state index contributed by atoms with van der Waals surface area (Å²) in [5.41, 5.74) is 1.84. The molecule has 0 fully saturated rings. The highest BCUT2D eigenvalue weighted by Crippen LogP contribution is 2.23. The van der Waals surface area contributed by atoms with Crippen molar-refractivity contribution in [3.05, 3.63) is 51.8 Å². The Morgan fingerprint density at radius 3 is 2.50 bits per heavy atom. The Labute approximate surface area is 103 Å². The molecule has 0 aliphatic carbocycles. The number of hydrogen-bond acceptors (Lipinski definition) is 5. The van der Waals surface area contributed by atoms with Crippen molar-refractivity contribution in [1.29, 1.82) is 0 Å². The molecule has 0 aliphatic rings. The topological polar surface area (TPSA) is 78.2 Å². The molecule has 0 spiro atoms. The maximum absolute atomic E-state index is 10.5. The van der Waals surface area contributed by atoms with Crippen molar-refractivity contribution in [2.24, 2.45) is 0 Å². The summed E-state index contributed by atoms with van der Waals surface area (Å²) in [7, 11) is 0. The molecule has 0 saturated heterocycles. The number of nitrogens with zero attached hydrogens (tertiary/aromatic N) is 3. The predicted molar refractivity (Wildman–Crippen MR) is 64.7 cm³/mol. The zero-order valence-corrected chi connectivity index (χ0v) is 9.95. The van der Waals surface area contributed by atoms with Crippen molar-refractivity contribution in [2.45, 2.75) is 13.8 Å². The number of nitro groups is 1.